The smallest absolute Gasteiger partial charge is 0.304 e. The summed E-state index contributed by atoms with van der Waals surface area (Å²) in [5.41, 5.74) is -0.310. The second-order valence-corrected chi connectivity index (χ2v) is 3.82. The maximum absolute atomic E-state index is 10.7. The molecule has 1 unspecified atom stereocenters. The molecule has 0 aliphatic rings. The van der Waals surface area contributed by atoms with E-state index >= 15 is 0 Å². The van der Waals surface area contributed by atoms with Crippen LogP contribution in [0.5, 0.6) is 0 Å². The van der Waals surface area contributed by atoms with E-state index in [-0.39, 0.29) is 11.4 Å². The van der Waals surface area contributed by atoms with Gasteiger partial charge in [0.2, 0.25) is 0 Å². The number of carbonyl (C=O) groups is 1. The Morgan fingerprint density at radius 2 is 2.14 bits per heavy atom. The highest BCUT2D eigenvalue weighted by Crippen LogP contribution is 2.24. The Hall–Kier alpha value is -1.22. The van der Waals surface area contributed by atoms with Crippen molar-refractivity contribution in [2.24, 2.45) is 0 Å². The van der Waals surface area contributed by atoms with Crippen LogP contribution in [0, 0.1) is 0 Å². The SMILES string of the molecule is C=CC(OC(C)=O)Sc1ccccc1. The minimum absolute atomic E-state index is 0.293. The molecule has 0 radical (unpaired) electrons. The first-order valence-corrected chi connectivity index (χ1v) is 5.12. The standard InChI is InChI=1S/C11H12O2S/c1-3-11(13-9(2)12)14-10-7-5-4-6-8-10/h3-8,11H,1H2,2H3. The molecule has 0 N–H and O–H groups in total. The first-order valence-electron chi connectivity index (χ1n) is 4.24. The molecule has 0 bridgehead atoms. The molecular weight excluding hydrogens is 196 g/mol. The zero-order valence-corrected chi connectivity index (χ0v) is 8.79. The van der Waals surface area contributed by atoms with Gasteiger partial charge in [0.1, 0.15) is 0 Å². The monoisotopic (exact) mass is 208 g/mol. The van der Waals surface area contributed by atoms with Crippen molar-refractivity contribution in [3.05, 3.63) is 43.0 Å². The highest BCUT2D eigenvalue weighted by molar-refractivity contribution is 8.00. The van der Waals surface area contributed by atoms with Crippen molar-refractivity contribution in [1.29, 1.82) is 0 Å². The quantitative estimate of drug-likeness (QED) is 0.329. The fourth-order valence-corrected chi connectivity index (χ4v) is 1.78. The minimum Gasteiger partial charge on any atom is -0.447 e. The molecule has 0 fully saturated rings. The van der Waals surface area contributed by atoms with Crippen LogP contribution in [0.25, 0.3) is 0 Å². The highest BCUT2D eigenvalue weighted by atomic mass is 32.2. The van der Waals surface area contributed by atoms with Crippen molar-refractivity contribution >= 4 is 17.7 Å². The summed E-state index contributed by atoms with van der Waals surface area (Å²) in [6, 6.07) is 9.75. The Morgan fingerprint density at radius 3 is 2.64 bits per heavy atom. The van der Waals surface area contributed by atoms with Gasteiger partial charge >= 0.3 is 5.97 Å². The summed E-state index contributed by atoms with van der Waals surface area (Å²) in [7, 11) is 0. The number of benzene rings is 1. The number of hydrogen-bond donors (Lipinski definition) is 0. The molecule has 74 valence electrons. The fourth-order valence-electron chi connectivity index (χ4n) is 0.917. The molecule has 3 heteroatoms. The van der Waals surface area contributed by atoms with Gasteiger partial charge in [-0.2, -0.15) is 0 Å². The van der Waals surface area contributed by atoms with Crippen LogP contribution in [0.4, 0.5) is 0 Å². The lowest BCUT2D eigenvalue weighted by Gasteiger charge is -2.11. The Morgan fingerprint density at radius 1 is 1.50 bits per heavy atom. The average Bonchev–Trinajstić information content (AvgIpc) is 2.17. The first-order chi connectivity index (χ1) is 6.72. The third-order valence-corrected chi connectivity index (χ3v) is 2.54. The second kappa shape index (κ2) is 5.50. The van der Waals surface area contributed by atoms with Crippen LogP contribution in [0.2, 0.25) is 0 Å². The van der Waals surface area contributed by atoms with E-state index in [1.165, 1.54) is 18.7 Å². The molecule has 1 aromatic rings. The molecule has 0 aliphatic heterocycles. The summed E-state index contributed by atoms with van der Waals surface area (Å²) < 4.78 is 5.01. The van der Waals surface area contributed by atoms with Crippen LogP contribution < -0.4 is 0 Å². The predicted molar refractivity (Wildman–Crippen MR) is 58.1 cm³/mol. The number of esters is 1. The number of rotatable bonds is 4. The van der Waals surface area contributed by atoms with E-state index < -0.39 is 0 Å². The zero-order valence-electron chi connectivity index (χ0n) is 7.97. The van der Waals surface area contributed by atoms with Crippen molar-refractivity contribution < 1.29 is 9.53 Å². The molecule has 0 spiro atoms. The average molecular weight is 208 g/mol. The van der Waals surface area contributed by atoms with Gasteiger partial charge in [-0.3, -0.25) is 4.79 Å². The number of hydrogen-bond acceptors (Lipinski definition) is 3. The van der Waals surface area contributed by atoms with Crippen LogP contribution >= 0.6 is 11.8 Å². The second-order valence-electron chi connectivity index (χ2n) is 2.64. The Balaban J connectivity index is 2.57. The first kappa shape index (κ1) is 10.9. The molecule has 0 saturated heterocycles. The molecule has 0 aromatic heterocycles. The van der Waals surface area contributed by atoms with E-state index in [4.69, 9.17) is 4.74 Å². The minimum atomic E-state index is -0.310. The van der Waals surface area contributed by atoms with Gasteiger partial charge < -0.3 is 4.74 Å². The van der Waals surface area contributed by atoms with Gasteiger partial charge in [0.15, 0.2) is 5.44 Å². The molecule has 0 amide bonds. The van der Waals surface area contributed by atoms with Gasteiger partial charge in [0.25, 0.3) is 0 Å². The molecule has 0 aliphatic carbocycles. The molecular formula is C11H12O2S. The molecule has 0 saturated carbocycles. The van der Waals surface area contributed by atoms with Crippen LogP contribution in [0.1, 0.15) is 6.92 Å². The van der Waals surface area contributed by atoms with Gasteiger partial charge in [0, 0.05) is 11.8 Å². The maximum atomic E-state index is 10.7. The molecule has 1 atom stereocenters. The number of carbonyl (C=O) groups excluding carboxylic acids is 1. The highest BCUT2D eigenvalue weighted by Gasteiger charge is 2.08. The molecule has 14 heavy (non-hydrogen) atoms. The third kappa shape index (κ3) is 3.66. The normalized spacial score (nSPS) is 11.8. The van der Waals surface area contributed by atoms with Gasteiger partial charge in [0.05, 0.1) is 0 Å². The summed E-state index contributed by atoms with van der Waals surface area (Å²) in [4.78, 5) is 11.8. The van der Waals surface area contributed by atoms with Crippen molar-refractivity contribution in [3.8, 4) is 0 Å². The van der Waals surface area contributed by atoms with Crippen LogP contribution in [0.15, 0.2) is 47.9 Å². The lowest BCUT2D eigenvalue weighted by atomic mass is 10.4. The van der Waals surface area contributed by atoms with Gasteiger partial charge in [-0.15, -0.1) is 0 Å². The lowest BCUT2D eigenvalue weighted by Crippen LogP contribution is -2.08. The van der Waals surface area contributed by atoms with Crippen LogP contribution in [-0.2, 0) is 9.53 Å². The van der Waals surface area contributed by atoms with E-state index in [9.17, 15) is 4.79 Å². The summed E-state index contributed by atoms with van der Waals surface area (Å²) in [6.45, 7) is 5.00. The topological polar surface area (TPSA) is 26.3 Å². The summed E-state index contributed by atoms with van der Waals surface area (Å²) in [5, 5.41) is 0. The fraction of sp³-hybridized carbons (Fsp3) is 0.182. The van der Waals surface area contributed by atoms with E-state index in [0.29, 0.717) is 0 Å². The number of thioether (sulfide) groups is 1. The van der Waals surface area contributed by atoms with E-state index in [0.717, 1.165) is 4.90 Å². The Bertz CT molecular complexity index is 308. The van der Waals surface area contributed by atoms with Crippen molar-refractivity contribution in [2.45, 2.75) is 17.3 Å². The molecule has 0 heterocycles. The van der Waals surface area contributed by atoms with Crippen molar-refractivity contribution in [2.75, 3.05) is 0 Å². The van der Waals surface area contributed by atoms with Gasteiger partial charge in [-0.25, -0.2) is 0 Å². The predicted octanol–water partition coefficient (Wildman–Crippen LogP) is 2.85. The zero-order chi connectivity index (χ0) is 10.4. The summed E-state index contributed by atoms with van der Waals surface area (Å²) in [5.74, 6) is -0.293. The molecule has 1 rings (SSSR count). The summed E-state index contributed by atoms with van der Waals surface area (Å²) >= 11 is 1.46. The Kier molecular flexibility index (Phi) is 4.26. The van der Waals surface area contributed by atoms with E-state index in [1.54, 1.807) is 6.08 Å². The maximum Gasteiger partial charge on any atom is 0.304 e. The molecule has 2 nitrogen and oxygen atoms in total. The summed E-state index contributed by atoms with van der Waals surface area (Å²) in [6.07, 6.45) is 1.61. The van der Waals surface area contributed by atoms with Crippen molar-refractivity contribution in [3.63, 3.8) is 0 Å². The largest absolute Gasteiger partial charge is 0.447 e. The molecule has 1 aromatic carbocycles. The van der Waals surface area contributed by atoms with Crippen LogP contribution in [0.3, 0.4) is 0 Å². The van der Waals surface area contributed by atoms with Gasteiger partial charge in [-0.1, -0.05) is 36.5 Å². The number of ether oxygens (including phenoxy) is 1. The van der Waals surface area contributed by atoms with E-state index in [1.807, 2.05) is 30.3 Å². The Labute approximate surface area is 88.0 Å². The van der Waals surface area contributed by atoms with Gasteiger partial charge in [-0.05, 0) is 18.2 Å². The van der Waals surface area contributed by atoms with E-state index in [2.05, 4.69) is 6.58 Å². The lowest BCUT2D eigenvalue weighted by molar-refractivity contribution is -0.140. The van der Waals surface area contributed by atoms with Crippen molar-refractivity contribution in [1.82, 2.24) is 0 Å². The third-order valence-electron chi connectivity index (χ3n) is 1.47. The van der Waals surface area contributed by atoms with Crippen LogP contribution in [-0.4, -0.2) is 11.4 Å².